The van der Waals surface area contributed by atoms with Gasteiger partial charge in [0.05, 0.1) is 0 Å². The number of ether oxygens (including phenoxy) is 1. The molecule has 1 heterocycles. The van der Waals surface area contributed by atoms with Gasteiger partial charge in [0.1, 0.15) is 12.4 Å². The maximum atomic E-state index is 5.43. The minimum atomic E-state index is 0.121. The fourth-order valence-corrected chi connectivity index (χ4v) is 0.765. The molecule has 0 unspecified atom stereocenters. The molecule has 0 aromatic carbocycles. The Kier molecular flexibility index (Phi) is 3.08. The monoisotopic (exact) mass is 180 g/mol. The number of allylic oxidation sites excluding steroid dienone is 1. The normalized spacial score (nSPS) is 10.5. The second-order valence-electron chi connectivity index (χ2n) is 2.37. The van der Waals surface area contributed by atoms with E-state index in [1.165, 1.54) is 6.07 Å². The van der Waals surface area contributed by atoms with Crippen molar-refractivity contribution in [1.82, 2.24) is 9.97 Å². The SMILES string of the molecule is CC=CCOc1cc(N)nc(N)n1. The summed E-state index contributed by atoms with van der Waals surface area (Å²) in [4.78, 5) is 7.55. The van der Waals surface area contributed by atoms with Gasteiger partial charge in [-0.2, -0.15) is 9.97 Å². The number of nitrogens with two attached hydrogens (primary N) is 2. The lowest BCUT2D eigenvalue weighted by Crippen LogP contribution is -2.03. The van der Waals surface area contributed by atoms with Crippen molar-refractivity contribution in [2.24, 2.45) is 0 Å². The molecule has 1 aromatic heterocycles. The Bertz CT molecular complexity index is 291. The van der Waals surface area contributed by atoms with Gasteiger partial charge >= 0.3 is 0 Å². The quantitative estimate of drug-likeness (QED) is 0.665. The van der Waals surface area contributed by atoms with E-state index >= 15 is 0 Å². The van der Waals surface area contributed by atoms with E-state index in [0.29, 0.717) is 18.3 Å². The molecule has 0 saturated carbocycles. The fraction of sp³-hybridized carbons (Fsp3) is 0.250. The molecule has 70 valence electrons. The minimum absolute atomic E-state index is 0.121. The predicted octanol–water partition coefficient (Wildman–Crippen LogP) is 0.596. The van der Waals surface area contributed by atoms with Crippen molar-refractivity contribution in [2.45, 2.75) is 6.92 Å². The second kappa shape index (κ2) is 4.30. The van der Waals surface area contributed by atoms with Crippen LogP contribution in [0, 0.1) is 0 Å². The van der Waals surface area contributed by atoms with Gasteiger partial charge < -0.3 is 16.2 Å². The van der Waals surface area contributed by atoms with Crippen LogP contribution >= 0.6 is 0 Å². The number of anilines is 2. The fourth-order valence-electron chi connectivity index (χ4n) is 0.765. The van der Waals surface area contributed by atoms with Crippen molar-refractivity contribution in [1.29, 1.82) is 0 Å². The third-order valence-corrected chi connectivity index (χ3v) is 1.30. The van der Waals surface area contributed by atoms with Crippen LogP contribution in [0.2, 0.25) is 0 Å². The molecule has 0 aliphatic heterocycles. The molecule has 0 aliphatic carbocycles. The van der Waals surface area contributed by atoms with Gasteiger partial charge in [0.25, 0.3) is 0 Å². The summed E-state index contributed by atoms with van der Waals surface area (Å²) in [6.07, 6.45) is 3.74. The summed E-state index contributed by atoms with van der Waals surface area (Å²) in [5.74, 6) is 0.821. The van der Waals surface area contributed by atoms with Crippen LogP contribution in [0.5, 0.6) is 5.88 Å². The van der Waals surface area contributed by atoms with E-state index in [1.54, 1.807) is 0 Å². The highest BCUT2D eigenvalue weighted by Gasteiger charge is 1.98. The molecule has 0 fully saturated rings. The maximum absolute atomic E-state index is 5.43. The highest BCUT2D eigenvalue weighted by atomic mass is 16.5. The van der Waals surface area contributed by atoms with Gasteiger partial charge in [0.2, 0.25) is 11.8 Å². The number of nitrogen functional groups attached to an aromatic ring is 2. The Labute approximate surface area is 76.4 Å². The lowest BCUT2D eigenvalue weighted by atomic mass is 10.5. The zero-order chi connectivity index (χ0) is 9.68. The molecule has 13 heavy (non-hydrogen) atoms. The summed E-state index contributed by atoms with van der Waals surface area (Å²) in [6, 6.07) is 1.53. The molecule has 0 bridgehead atoms. The highest BCUT2D eigenvalue weighted by Crippen LogP contribution is 2.11. The zero-order valence-electron chi connectivity index (χ0n) is 7.40. The number of rotatable bonds is 3. The van der Waals surface area contributed by atoms with Crippen LogP contribution in [-0.2, 0) is 0 Å². The Hall–Kier alpha value is -1.78. The summed E-state index contributed by atoms with van der Waals surface area (Å²) >= 11 is 0. The maximum Gasteiger partial charge on any atom is 0.225 e. The minimum Gasteiger partial charge on any atom is -0.473 e. The Balaban J connectivity index is 2.66. The molecule has 0 amide bonds. The average molecular weight is 180 g/mol. The summed E-state index contributed by atoms with van der Waals surface area (Å²) in [5, 5.41) is 0. The van der Waals surface area contributed by atoms with Gasteiger partial charge in [-0.3, -0.25) is 0 Å². The Morgan fingerprint density at radius 1 is 1.46 bits per heavy atom. The van der Waals surface area contributed by atoms with Crippen LogP contribution in [0.1, 0.15) is 6.92 Å². The van der Waals surface area contributed by atoms with E-state index in [9.17, 15) is 0 Å². The topological polar surface area (TPSA) is 87.0 Å². The summed E-state index contributed by atoms with van der Waals surface area (Å²) < 4.78 is 5.21. The predicted molar refractivity (Wildman–Crippen MR) is 51.2 cm³/mol. The molecule has 5 heteroatoms. The smallest absolute Gasteiger partial charge is 0.225 e. The van der Waals surface area contributed by atoms with Crippen molar-refractivity contribution < 1.29 is 4.74 Å². The first-order chi connectivity index (χ1) is 6.22. The van der Waals surface area contributed by atoms with Gasteiger partial charge in [-0.25, -0.2) is 0 Å². The van der Waals surface area contributed by atoms with Crippen LogP contribution in [0.4, 0.5) is 11.8 Å². The van der Waals surface area contributed by atoms with E-state index in [2.05, 4.69) is 9.97 Å². The Morgan fingerprint density at radius 3 is 2.85 bits per heavy atom. The third-order valence-electron chi connectivity index (χ3n) is 1.30. The van der Waals surface area contributed by atoms with Gasteiger partial charge in [-0.1, -0.05) is 12.2 Å². The molecule has 0 atom stereocenters. The van der Waals surface area contributed by atoms with Crippen LogP contribution in [0.25, 0.3) is 0 Å². The highest BCUT2D eigenvalue weighted by molar-refractivity contribution is 5.38. The van der Waals surface area contributed by atoms with Crippen molar-refractivity contribution in [3.05, 3.63) is 18.2 Å². The van der Waals surface area contributed by atoms with Crippen LogP contribution < -0.4 is 16.2 Å². The van der Waals surface area contributed by atoms with Crippen molar-refractivity contribution in [3.8, 4) is 5.88 Å². The van der Waals surface area contributed by atoms with Gasteiger partial charge in [-0.05, 0) is 6.92 Å². The molecule has 4 N–H and O–H groups in total. The van der Waals surface area contributed by atoms with E-state index in [0.717, 1.165) is 0 Å². The molecule has 0 aliphatic rings. The summed E-state index contributed by atoms with van der Waals surface area (Å²) in [5.41, 5.74) is 10.8. The third kappa shape index (κ3) is 2.98. The van der Waals surface area contributed by atoms with E-state index in [1.807, 2.05) is 19.1 Å². The Morgan fingerprint density at radius 2 is 2.23 bits per heavy atom. The second-order valence-corrected chi connectivity index (χ2v) is 2.37. The van der Waals surface area contributed by atoms with Crippen LogP contribution in [-0.4, -0.2) is 16.6 Å². The van der Waals surface area contributed by atoms with E-state index in [4.69, 9.17) is 16.2 Å². The lowest BCUT2D eigenvalue weighted by molar-refractivity contribution is 0.348. The summed E-state index contributed by atoms with van der Waals surface area (Å²) in [7, 11) is 0. The van der Waals surface area contributed by atoms with Crippen molar-refractivity contribution in [2.75, 3.05) is 18.1 Å². The number of nitrogens with zero attached hydrogens (tertiary/aromatic N) is 2. The first kappa shape index (κ1) is 9.31. The van der Waals surface area contributed by atoms with Gasteiger partial charge in [-0.15, -0.1) is 0 Å². The molecule has 5 nitrogen and oxygen atoms in total. The van der Waals surface area contributed by atoms with Gasteiger partial charge in [0, 0.05) is 6.07 Å². The number of hydrogen-bond donors (Lipinski definition) is 2. The lowest BCUT2D eigenvalue weighted by Gasteiger charge is -2.02. The average Bonchev–Trinajstić information content (AvgIpc) is 2.03. The molecular weight excluding hydrogens is 168 g/mol. The standard InChI is InChI=1S/C8H12N4O/c1-2-3-4-13-7-5-6(9)11-8(10)12-7/h2-3,5H,4H2,1H3,(H4,9,10,11,12). The largest absolute Gasteiger partial charge is 0.473 e. The molecule has 1 aromatic rings. The van der Waals surface area contributed by atoms with E-state index in [-0.39, 0.29) is 5.95 Å². The zero-order valence-corrected chi connectivity index (χ0v) is 7.40. The first-order valence-corrected chi connectivity index (χ1v) is 3.86. The number of aromatic nitrogens is 2. The molecule has 0 radical (unpaired) electrons. The summed E-state index contributed by atoms with van der Waals surface area (Å²) in [6.45, 7) is 2.36. The first-order valence-electron chi connectivity index (χ1n) is 3.86. The van der Waals surface area contributed by atoms with Crippen molar-refractivity contribution >= 4 is 11.8 Å². The van der Waals surface area contributed by atoms with E-state index < -0.39 is 0 Å². The number of hydrogen-bond acceptors (Lipinski definition) is 5. The van der Waals surface area contributed by atoms with Crippen LogP contribution in [0.15, 0.2) is 18.2 Å². The van der Waals surface area contributed by atoms with Crippen molar-refractivity contribution in [3.63, 3.8) is 0 Å². The van der Waals surface area contributed by atoms with Crippen LogP contribution in [0.3, 0.4) is 0 Å². The molecule has 1 rings (SSSR count). The molecule has 0 saturated heterocycles. The molecular formula is C8H12N4O. The van der Waals surface area contributed by atoms with Gasteiger partial charge in [0.15, 0.2) is 0 Å². The molecule has 0 spiro atoms.